The van der Waals surface area contributed by atoms with Crippen molar-refractivity contribution in [3.63, 3.8) is 0 Å². The standard InChI is InChI=1S/C15H17N5O/c1-3-19-9-11(7-18-19)14-8-17-10-20(14)12-4-5-15(21-2)13(16)6-12/h4-10H,3,16H2,1-2H3. The van der Waals surface area contributed by atoms with Gasteiger partial charge in [0.25, 0.3) is 0 Å². The van der Waals surface area contributed by atoms with Crippen LogP contribution in [-0.4, -0.2) is 26.4 Å². The topological polar surface area (TPSA) is 70.9 Å². The molecule has 0 atom stereocenters. The average molecular weight is 283 g/mol. The summed E-state index contributed by atoms with van der Waals surface area (Å²) >= 11 is 0. The molecule has 6 nitrogen and oxygen atoms in total. The lowest BCUT2D eigenvalue weighted by molar-refractivity contribution is 0.417. The molecule has 2 aromatic heterocycles. The van der Waals surface area contributed by atoms with Gasteiger partial charge in [0, 0.05) is 24.0 Å². The summed E-state index contributed by atoms with van der Waals surface area (Å²) in [6.07, 6.45) is 7.42. The van der Waals surface area contributed by atoms with Crippen LogP contribution in [0.5, 0.6) is 5.75 Å². The molecule has 2 heterocycles. The summed E-state index contributed by atoms with van der Waals surface area (Å²) in [7, 11) is 1.60. The predicted octanol–water partition coefficient (Wildman–Crippen LogP) is 2.35. The van der Waals surface area contributed by atoms with Gasteiger partial charge in [-0.2, -0.15) is 5.10 Å². The van der Waals surface area contributed by atoms with Gasteiger partial charge in [-0.1, -0.05) is 0 Å². The number of nitrogens with zero attached hydrogens (tertiary/aromatic N) is 4. The van der Waals surface area contributed by atoms with Crippen LogP contribution in [-0.2, 0) is 6.54 Å². The first kappa shape index (κ1) is 13.2. The van der Waals surface area contributed by atoms with E-state index in [9.17, 15) is 0 Å². The molecule has 0 saturated heterocycles. The van der Waals surface area contributed by atoms with E-state index in [1.165, 1.54) is 0 Å². The molecule has 0 unspecified atom stereocenters. The zero-order chi connectivity index (χ0) is 14.8. The number of hydrogen-bond donors (Lipinski definition) is 1. The third-order valence-corrected chi connectivity index (χ3v) is 3.38. The number of aryl methyl sites for hydroxylation is 1. The molecule has 0 radical (unpaired) electrons. The first-order valence-electron chi connectivity index (χ1n) is 6.72. The molecule has 0 amide bonds. The number of methoxy groups -OCH3 is 1. The van der Waals surface area contributed by atoms with E-state index in [0.29, 0.717) is 11.4 Å². The minimum atomic E-state index is 0.596. The SMILES string of the molecule is CCn1cc(-c2cncn2-c2ccc(OC)c(N)c2)cn1. The van der Waals surface area contributed by atoms with Crippen LogP contribution in [0.15, 0.2) is 43.1 Å². The van der Waals surface area contributed by atoms with Crippen LogP contribution in [0.2, 0.25) is 0 Å². The number of imidazole rings is 1. The Balaban J connectivity index is 2.04. The Morgan fingerprint density at radius 2 is 2.14 bits per heavy atom. The summed E-state index contributed by atoms with van der Waals surface area (Å²) in [5.41, 5.74) is 9.50. The van der Waals surface area contributed by atoms with Crippen LogP contribution in [0.4, 0.5) is 5.69 Å². The minimum Gasteiger partial charge on any atom is -0.495 e. The van der Waals surface area contributed by atoms with Crippen LogP contribution in [0.3, 0.4) is 0 Å². The Labute approximate surface area is 122 Å². The van der Waals surface area contributed by atoms with Gasteiger partial charge in [0.05, 0.1) is 37.2 Å². The quantitative estimate of drug-likeness (QED) is 0.746. The monoisotopic (exact) mass is 283 g/mol. The molecule has 1 aromatic carbocycles. The number of ether oxygens (including phenoxy) is 1. The van der Waals surface area contributed by atoms with Gasteiger partial charge in [-0.05, 0) is 25.1 Å². The highest BCUT2D eigenvalue weighted by molar-refractivity contribution is 5.63. The third kappa shape index (κ3) is 2.35. The van der Waals surface area contributed by atoms with Crippen molar-refractivity contribution in [3.05, 3.63) is 43.1 Å². The fourth-order valence-corrected chi connectivity index (χ4v) is 2.25. The number of hydrogen-bond acceptors (Lipinski definition) is 4. The molecule has 3 rings (SSSR count). The smallest absolute Gasteiger partial charge is 0.141 e. The van der Waals surface area contributed by atoms with Crippen molar-refractivity contribution < 1.29 is 4.74 Å². The summed E-state index contributed by atoms with van der Waals surface area (Å²) in [5.74, 6) is 0.666. The van der Waals surface area contributed by atoms with Gasteiger partial charge in [0.15, 0.2) is 0 Å². The van der Waals surface area contributed by atoms with E-state index in [0.717, 1.165) is 23.5 Å². The zero-order valence-electron chi connectivity index (χ0n) is 12.0. The van der Waals surface area contributed by atoms with Gasteiger partial charge < -0.3 is 10.5 Å². The van der Waals surface area contributed by atoms with Crippen molar-refractivity contribution in [2.45, 2.75) is 13.5 Å². The van der Waals surface area contributed by atoms with Crippen molar-refractivity contribution in [3.8, 4) is 22.7 Å². The molecule has 6 heteroatoms. The van der Waals surface area contributed by atoms with Crippen molar-refractivity contribution >= 4 is 5.69 Å². The normalized spacial score (nSPS) is 10.8. The van der Waals surface area contributed by atoms with Gasteiger partial charge in [-0.25, -0.2) is 4.98 Å². The maximum atomic E-state index is 5.98. The van der Waals surface area contributed by atoms with Crippen molar-refractivity contribution in [2.75, 3.05) is 12.8 Å². The van der Waals surface area contributed by atoms with Gasteiger partial charge in [-0.15, -0.1) is 0 Å². The van der Waals surface area contributed by atoms with E-state index in [4.69, 9.17) is 10.5 Å². The van der Waals surface area contributed by atoms with Gasteiger partial charge >= 0.3 is 0 Å². The highest BCUT2D eigenvalue weighted by Gasteiger charge is 2.10. The molecule has 0 aliphatic rings. The second kappa shape index (κ2) is 5.32. The Hall–Kier alpha value is -2.76. The second-order valence-electron chi connectivity index (χ2n) is 4.66. The van der Waals surface area contributed by atoms with Crippen LogP contribution in [0, 0.1) is 0 Å². The fraction of sp³-hybridized carbons (Fsp3) is 0.200. The number of nitrogen functional groups attached to an aromatic ring is 1. The number of aromatic nitrogens is 4. The largest absolute Gasteiger partial charge is 0.495 e. The summed E-state index contributed by atoms with van der Waals surface area (Å²) in [6.45, 7) is 2.89. The van der Waals surface area contributed by atoms with E-state index in [1.54, 1.807) is 13.4 Å². The summed E-state index contributed by atoms with van der Waals surface area (Å²) < 4.78 is 9.05. The van der Waals surface area contributed by atoms with E-state index < -0.39 is 0 Å². The van der Waals surface area contributed by atoms with E-state index in [2.05, 4.69) is 17.0 Å². The van der Waals surface area contributed by atoms with Crippen LogP contribution in [0.1, 0.15) is 6.92 Å². The number of rotatable bonds is 4. The Morgan fingerprint density at radius 3 is 2.81 bits per heavy atom. The Kier molecular flexibility index (Phi) is 3.35. The lowest BCUT2D eigenvalue weighted by Crippen LogP contribution is -1.98. The molecule has 2 N–H and O–H groups in total. The Bertz CT molecular complexity index is 759. The van der Waals surface area contributed by atoms with Gasteiger partial charge in [-0.3, -0.25) is 9.25 Å². The zero-order valence-corrected chi connectivity index (χ0v) is 12.0. The summed E-state index contributed by atoms with van der Waals surface area (Å²) in [6, 6.07) is 5.67. The fourth-order valence-electron chi connectivity index (χ4n) is 2.25. The van der Waals surface area contributed by atoms with E-state index >= 15 is 0 Å². The highest BCUT2D eigenvalue weighted by atomic mass is 16.5. The van der Waals surface area contributed by atoms with Crippen molar-refractivity contribution in [1.82, 2.24) is 19.3 Å². The second-order valence-corrected chi connectivity index (χ2v) is 4.66. The molecule has 0 aliphatic carbocycles. The van der Waals surface area contributed by atoms with Crippen LogP contribution < -0.4 is 10.5 Å². The maximum absolute atomic E-state index is 5.98. The van der Waals surface area contributed by atoms with Gasteiger partial charge in [0.1, 0.15) is 5.75 Å². The number of anilines is 1. The van der Waals surface area contributed by atoms with Crippen LogP contribution >= 0.6 is 0 Å². The molecule has 0 saturated carbocycles. The van der Waals surface area contributed by atoms with E-state index in [-0.39, 0.29) is 0 Å². The molecule has 0 fully saturated rings. The summed E-state index contributed by atoms with van der Waals surface area (Å²) in [5, 5.41) is 4.30. The molecular weight excluding hydrogens is 266 g/mol. The Morgan fingerprint density at radius 1 is 1.29 bits per heavy atom. The van der Waals surface area contributed by atoms with Gasteiger partial charge in [0.2, 0.25) is 0 Å². The van der Waals surface area contributed by atoms with E-state index in [1.807, 2.05) is 46.0 Å². The highest BCUT2D eigenvalue weighted by Crippen LogP contribution is 2.27. The molecule has 108 valence electrons. The minimum absolute atomic E-state index is 0.596. The lowest BCUT2D eigenvalue weighted by Gasteiger charge is -2.10. The number of nitrogens with two attached hydrogens (primary N) is 1. The number of benzene rings is 1. The first-order valence-corrected chi connectivity index (χ1v) is 6.72. The molecule has 0 bridgehead atoms. The van der Waals surface area contributed by atoms with Crippen LogP contribution in [0.25, 0.3) is 16.9 Å². The average Bonchev–Trinajstić information content (AvgIpc) is 3.15. The third-order valence-electron chi connectivity index (χ3n) is 3.38. The molecule has 0 spiro atoms. The molecule has 3 aromatic rings. The predicted molar refractivity (Wildman–Crippen MR) is 81.4 cm³/mol. The van der Waals surface area contributed by atoms with Crippen molar-refractivity contribution in [2.24, 2.45) is 0 Å². The maximum Gasteiger partial charge on any atom is 0.141 e. The molecular formula is C15H17N5O. The van der Waals surface area contributed by atoms with Crippen molar-refractivity contribution in [1.29, 1.82) is 0 Å². The molecule has 0 aliphatic heterocycles. The summed E-state index contributed by atoms with van der Waals surface area (Å²) in [4.78, 5) is 4.24. The lowest BCUT2D eigenvalue weighted by atomic mass is 10.2. The molecule has 21 heavy (non-hydrogen) atoms. The first-order chi connectivity index (χ1) is 10.2.